The van der Waals surface area contributed by atoms with Crippen LogP contribution in [0.3, 0.4) is 0 Å². The molecular weight excluding hydrogens is 1760 g/mol. The van der Waals surface area contributed by atoms with Crippen molar-refractivity contribution < 1.29 is 42.1 Å². The maximum Gasteiger partial charge on any atom is 0.135 e. The van der Waals surface area contributed by atoms with Gasteiger partial charge in [-0.3, -0.25) is 0 Å². The fourth-order valence-electron chi connectivity index (χ4n) is 17.2. The van der Waals surface area contributed by atoms with Crippen molar-refractivity contribution >= 4 is 89.1 Å². The first kappa shape index (κ1) is 74.0. The number of benzene rings is 14. The van der Waals surface area contributed by atoms with Crippen LogP contribution < -0.4 is 19.6 Å². The Hall–Kier alpha value is -12.4. The second-order valence-corrected chi connectivity index (χ2v) is 31.5. The van der Waals surface area contributed by atoms with Crippen molar-refractivity contribution in [1.82, 2.24) is 19.1 Å². The Morgan fingerprint density at radius 1 is 0.278 bits per heavy atom. The van der Waals surface area contributed by atoms with Gasteiger partial charge < -0.3 is 28.7 Å². The second-order valence-electron chi connectivity index (χ2n) is 31.5. The van der Waals surface area contributed by atoms with Gasteiger partial charge in [-0.1, -0.05) is 271 Å². The van der Waals surface area contributed by atoms with E-state index in [-0.39, 0.29) is 53.0 Å². The van der Waals surface area contributed by atoms with Gasteiger partial charge >= 0.3 is 0 Å². The molecule has 0 aliphatic carbocycles. The number of hydrogen-bond acceptors (Lipinski definition) is 6. The van der Waals surface area contributed by atoms with Crippen LogP contribution in [0.5, 0.6) is 0 Å². The molecule has 0 bridgehead atoms. The van der Waals surface area contributed by atoms with Crippen molar-refractivity contribution in [2.24, 2.45) is 0 Å². The zero-order valence-electron chi connectivity index (χ0n) is 64.4. The molecule has 0 N–H and O–H groups in total. The number of nitrogens with zero attached hydrogens (tertiary/aromatic N) is 8. The zero-order chi connectivity index (χ0) is 76.1. The maximum absolute atomic E-state index is 5.26. The van der Waals surface area contributed by atoms with Gasteiger partial charge in [-0.15, -0.1) is 57.7 Å². The van der Waals surface area contributed by atoms with Crippen LogP contribution in [0, 0.1) is 37.6 Å². The van der Waals surface area contributed by atoms with Crippen molar-refractivity contribution in [3.05, 3.63) is 423 Å². The summed E-state index contributed by atoms with van der Waals surface area (Å²) in [6.07, 6.45) is 3.91. The summed E-state index contributed by atoms with van der Waals surface area (Å²) in [5.74, 6) is 1.61. The number of para-hydroxylation sites is 8. The molecule has 10 heteroatoms. The fraction of sp³-hybridized carbons (Fsp3) is 0.0857. The molecule has 0 amide bonds. The Morgan fingerprint density at radius 2 is 0.591 bits per heavy atom. The molecule has 6 heterocycles. The molecule has 0 spiro atoms. The van der Waals surface area contributed by atoms with Crippen LogP contribution in [0.1, 0.15) is 74.9 Å². The average Bonchev–Trinajstić information content (AvgIpc) is 1.67. The summed E-state index contributed by atoms with van der Waals surface area (Å²) in [5.41, 5.74) is 24.6. The molecule has 8 nitrogen and oxygen atoms in total. The van der Waals surface area contributed by atoms with Crippen molar-refractivity contribution in [3.8, 4) is 56.1 Å². The molecule has 14 aromatic carbocycles. The SMILES string of the molecule is CC(C)(C)c1ccnc(-n2c3[c-]c(C(c4[c-]c(N5[CH-]N(c6c(-c7ccccc7)cccc6-c6ccccc6)c6ccccc65)ccc4)(c4[c-]c(N5[CH-]N(c6c(-c7ccccc7)cccc6-c6ccccc6)c6ccccc65)ccc4)c4[c-]c5c(cc4)c4ccccc4n5-c4cc(C(C)(C)C)ccn4)ccc3c3ccccc32)c1.[Pt].[Pt]. The number of rotatable bonds is 14. The van der Waals surface area contributed by atoms with E-state index in [4.69, 9.17) is 9.97 Å². The van der Waals surface area contributed by atoms with Crippen LogP contribution >= 0.6 is 0 Å². The summed E-state index contributed by atoms with van der Waals surface area (Å²) in [5, 5.41) is 4.28. The second kappa shape index (κ2) is 29.8. The van der Waals surface area contributed by atoms with E-state index in [0.717, 1.165) is 168 Å². The van der Waals surface area contributed by atoms with Gasteiger partial charge in [-0.25, -0.2) is 9.97 Å². The molecule has 20 rings (SSSR count). The molecule has 0 fully saturated rings. The van der Waals surface area contributed by atoms with E-state index in [0.29, 0.717) is 0 Å². The van der Waals surface area contributed by atoms with Gasteiger partial charge in [0.05, 0.1) is 0 Å². The van der Waals surface area contributed by atoms with Crippen LogP contribution in [0.2, 0.25) is 0 Å². The van der Waals surface area contributed by atoms with Gasteiger partial charge in [0.25, 0.3) is 0 Å². The quantitative estimate of drug-likeness (QED) is 0.0799. The standard InChI is InChI=1S/C105H78N8.2Pt/c1-103(2,3)75-59-61-106-99(67-75)112-91-49-21-19-43-87(91)89-57-55-79(65-97(89)112)105(80-56-58-90-88-44-20-22-50-92(88)113(98(90)66-80)100-68-76(60-62-107-100)104(4,5)6,77-39-27-41-81(63-77)108-69-110(95-53-25-23-51-93(95)108)101-83(71-31-11-7-12-32-71)45-29-46-84(101)72-33-13-8-14-34-72)78-40-28-42-82(64-78)109-70-111(96-54-26-24-52-94(96)109)102-85(73-35-15-9-16-36-73)47-30-48-86(102)74-37-17-10-18-38-74;;/h7-62,67-70H,1-6H3;;/q-6;;. The third-order valence-electron chi connectivity index (χ3n) is 22.7. The predicted molar refractivity (Wildman–Crippen MR) is 466 cm³/mol. The summed E-state index contributed by atoms with van der Waals surface area (Å²) in [6.45, 7) is 18.1. The summed E-state index contributed by atoms with van der Waals surface area (Å²) in [4.78, 5) is 19.9. The average molecular weight is 1840 g/mol. The maximum atomic E-state index is 5.26. The minimum Gasteiger partial charge on any atom is -0.493 e. The number of fused-ring (bicyclic) bond motifs is 8. The van der Waals surface area contributed by atoms with Crippen LogP contribution in [0.4, 0.5) is 45.5 Å². The Bertz CT molecular complexity index is 6180. The van der Waals surface area contributed by atoms with Crippen LogP contribution in [0.25, 0.3) is 99.8 Å². The van der Waals surface area contributed by atoms with Gasteiger partial charge in [0.1, 0.15) is 11.6 Å². The van der Waals surface area contributed by atoms with E-state index in [1.54, 1.807) is 0 Å². The summed E-state index contributed by atoms with van der Waals surface area (Å²) in [6, 6.07) is 140. The predicted octanol–water partition coefficient (Wildman–Crippen LogP) is 26.3. The van der Waals surface area contributed by atoms with Crippen LogP contribution in [0.15, 0.2) is 352 Å². The molecule has 0 saturated heterocycles. The number of aromatic nitrogens is 4. The molecular formula is C105H78N8Pt2-6. The smallest absolute Gasteiger partial charge is 0.135 e. The van der Waals surface area contributed by atoms with Crippen molar-refractivity contribution in [2.75, 3.05) is 19.6 Å². The molecule has 4 aromatic heterocycles. The molecule has 18 aromatic rings. The first-order chi connectivity index (χ1) is 55.3. The third kappa shape index (κ3) is 12.7. The van der Waals surface area contributed by atoms with E-state index in [1.165, 1.54) is 11.1 Å². The van der Waals surface area contributed by atoms with E-state index in [9.17, 15) is 0 Å². The number of pyridine rings is 2. The monoisotopic (exact) mass is 1840 g/mol. The van der Waals surface area contributed by atoms with E-state index in [1.807, 2.05) is 12.4 Å². The Kier molecular flexibility index (Phi) is 19.2. The number of anilines is 8. The summed E-state index contributed by atoms with van der Waals surface area (Å²) >= 11 is 0. The van der Waals surface area contributed by atoms with Crippen LogP contribution in [-0.2, 0) is 58.4 Å². The molecule has 2 aliphatic rings. The van der Waals surface area contributed by atoms with Crippen molar-refractivity contribution in [1.29, 1.82) is 0 Å². The topological polar surface area (TPSA) is 48.6 Å². The zero-order valence-corrected chi connectivity index (χ0v) is 68.9. The van der Waals surface area contributed by atoms with E-state index < -0.39 is 5.41 Å². The Balaban J connectivity index is 0.00000459. The summed E-state index contributed by atoms with van der Waals surface area (Å²) in [7, 11) is 0. The summed E-state index contributed by atoms with van der Waals surface area (Å²) < 4.78 is 4.63. The third-order valence-corrected chi connectivity index (χ3v) is 22.7. The van der Waals surface area contributed by atoms with Gasteiger partial charge in [0.2, 0.25) is 0 Å². The largest absolute Gasteiger partial charge is 0.493 e. The molecule has 0 saturated carbocycles. The minimum atomic E-state index is -1.35. The normalized spacial score (nSPS) is 12.9. The van der Waals surface area contributed by atoms with E-state index in [2.05, 4.69) is 448 Å². The molecule has 0 unspecified atom stereocenters. The molecule has 0 atom stereocenters. The molecule has 2 aliphatic heterocycles. The van der Waals surface area contributed by atoms with Gasteiger partial charge in [-0.05, 0) is 121 Å². The van der Waals surface area contributed by atoms with E-state index >= 15 is 0 Å². The van der Waals surface area contributed by atoms with Gasteiger partial charge in [0.15, 0.2) is 0 Å². The molecule has 564 valence electrons. The Labute approximate surface area is 701 Å². The number of hydrogen-bond donors (Lipinski definition) is 0. The van der Waals surface area contributed by atoms with Crippen LogP contribution in [-0.4, -0.2) is 19.1 Å². The molecule has 0 radical (unpaired) electrons. The first-order valence-corrected chi connectivity index (χ1v) is 38.8. The van der Waals surface area contributed by atoms with Crippen molar-refractivity contribution in [3.63, 3.8) is 0 Å². The fourth-order valence-corrected chi connectivity index (χ4v) is 17.2. The minimum absolute atomic E-state index is 0. The molecule has 115 heavy (non-hydrogen) atoms. The van der Waals surface area contributed by atoms with Gasteiger partial charge in [0, 0.05) is 122 Å². The van der Waals surface area contributed by atoms with Crippen molar-refractivity contribution in [2.45, 2.75) is 57.8 Å². The van der Waals surface area contributed by atoms with Gasteiger partial charge in [-0.2, -0.15) is 84.9 Å². The first-order valence-electron chi connectivity index (χ1n) is 38.8. The Morgan fingerprint density at radius 3 is 0.948 bits per heavy atom.